The summed E-state index contributed by atoms with van der Waals surface area (Å²) in [6.07, 6.45) is 3.21. The maximum atomic E-state index is 12.5. The molecule has 0 aromatic heterocycles. The van der Waals surface area contributed by atoms with Crippen LogP contribution in [-0.4, -0.2) is 23.1 Å². The predicted molar refractivity (Wildman–Crippen MR) is 88.7 cm³/mol. The molecule has 1 amide bonds. The van der Waals surface area contributed by atoms with Crippen LogP contribution in [0.25, 0.3) is 0 Å². The van der Waals surface area contributed by atoms with Crippen molar-refractivity contribution in [2.45, 2.75) is 37.5 Å². The van der Waals surface area contributed by atoms with Gasteiger partial charge >= 0.3 is 0 Å². The van der Waals surface area contributed by atoms with E-state index < -0.39 is 5.72 Å². The Morgan fingerprint density at radius 3 is 2.48 bits per heavy atom. The molecule has 2 aromatic rings. The molecule has 2 atom stereocenters. The molecule has 2 fully saturated rings. The smallest absolute Gasteiger partial charge is 0.225 e. The quantitative estimate of drug-likeness (QED) is 0.862. The lowest BCUT2D eigenvalue weighted by Crippen LogP contribution is -2.42. The van der Waals surface area contributed by atoms with Gasteiger partial charge in [-0.1, -0.05) is 60.7 Å². The largest absolute Gasteiger partial charge is 0.353 e. The number of carbonyl (C=O) groups excluding carboxylic acids is 1. The van der Waals surface area contributed by atoms with Crippen LogP contribution >= 0.6 is 0 Å². The minimum absolute atomic E-state index is 0.0574. The molecule has 0 N–H and O–H groups in total. The number of fused-ring (bicyclic) bond motifs is 1. The number of hydrogen-bond acceptors (Lipinski definition) is 2. The Kier molecular flexibility index (Phi) is 3.66. The molecule has 0 bridgehead atoms. The molecule has 2 saturated heterocycles. The third-order valence-electron chi connectivity index (χ3n) is 5.09. The summed E-state index contributed by atoms with van der Waals surface area (Å²) in [5.74, 6) is 0.226. The first-order valence-corrected chi connectivity index (χ1v) is 8.33. The maximum Gasteiger partial charge on any atom is 0.225 e. The Morgan fingerprint density at radius 1 is 1.04 bits per heavy atom. The van der Waals surface area contributed by atoms with E-state index in [0.717, 1.165) is 19.3 Å². The second-order valence-corrected chi connectivity index (χ2v) is 6.43. The molecule has 4 rings (SSSR count). The Balaban J connectivity index is 1.57. The van der Waals surface area contributed by atoms with Gasteiger partial charge in [0.05, 0.1) is 12.6 Å². The van der Waals surface area contributed by atoms with Crippen LogP contribution in [-0.2, 0) is 16.0 Å². The zero-order valence-electron chi connectivity index (χ0n) is 13.2. The Morgan fingerprint density at radius 2 is 1.74 bits per heavy atom. The van der Waals surface area contributed by atoms with Crippen molar-refractivity contribution >= 4 is 5.91 Å². The molecule has 0 spiro atoms. The van der Waals surface area contributed by atoms with E-state index in [1.165, 1.54) is 11.1 Å². The van der Waals surface area contributed by atoms with E-state index in [1.807, 2.05) is 29.2 Å². The summed E-state index contributed by atoms with van der Waals surface area (Å²) in [6, 6.07) is 20.7. The highest BCUT2D eigenvalue weighted by Gasteiger charge is 2.54. The summed E-state index contributed by atoms with van der Waals surface area (Å²) in [4.78, 5) is 14.5. The van der Waals surface area contributed by atoms with E-state index in [1.54, 1.807) is 0 Å². The molecule has 2 aliphatic rings. The van der Waals surface area contributed by atoms with Gasteiger partial charge in [-0.2, -0.15) is 0 Å². The monoisotopic (exact) mass is 307 g/mol. The molecule has 2 aliphatic heterocycles. The number of hydrogen-bond donors (Lipinski definition) is 0. The highest BCUT2D eigenvalue weighted by Crippen LogP contribution is 2.47. The van der Waals surface area contributed by atoms with Gasteiger partial charge < -0.3 is 9.64 Å². The number of ether oxygens (including phenoxy) is 1. The molecule has 2 heterocycles. The van der Waals surface area contributed by atoms with Crippen LogP contribution < -0.4 is 0 Å². The Labute approximate surface area is 136 Å². The first-order valence-electron chi connectivity index (χ1n) is 8.33. The standard InChI is InChI=1S/C20H21NO2/c22-19-12-14-20(13-11-16-7-3-1-4-8-16)21(19)18(15-23-20)17-9-5-2-6-10-17/h1-10,18H,11-15H2/t18-,20-/m0/s1. The molecule has 3 heteroatoms. The minimum Gasteiger partial charge on any atom is -0.353 e. The van der Waals surface area contributed by atoms with Crippen LogP contribution in [0.3, 0.4) is 0 Å². The van der Waals surface area contributed by atoms with Crippen LogP contribution in [0.1, 0.15) is 36.4 Å². The lowest BCUT2D eigenvalue weighted by molar-refractivity contribution is -0.139. The summed E-state index contributed by atoms with van der Waals surface area (Å²) < 4.78 is 6.23. The van der Waals surface area contributed by atoms with Crippen LogP contribution in [0.5, 0.6) is 0 Å². The highest BCUT2D eigenvalue weighted by atomic mass is 16.5. The van der Waals surface area contributed by atoms with Crippen LogP contribution in [0.2, 0.25) is 0 Å². The van der Waals surface area contributed by atoms with Gasteiger partial charge in [0, 0.05) is 12.8 Å². The van der Waals surface area contributed by atoms with Gasteiger partial charge in [0.1, 0.15) is 5.72 Å². The van der Waals surface area contributed by atoms with Crippen LogP contribution in [0, 0.1) is 0 Å². The second kappa shape index (κ2) is 5.82. The minimum atomic E-state index is -0.409. The molecule has 3 nitrogen and oxygen atoms in total. The number of aryl methyl sites for hydroxylation is 1. The molecule has 0 aliphatic carbocycles. The van der Waals surface area contributed by atoms with E-state index in [-0.39, 0.29) is 11.9 Å². The first kappa shape index (κ1) is 14.5. The van der Waals surface area contributed by atoms with Gasteiger partial charge in [-0.3, -0.25) is 4.79 Å². The van der Waals surface area contributed by atoms with E-state index in [4.69, 9.17) is 4.74 Å². The van der Waals surface area contributed by atoms with Crippen LogP contribution in [0.15, 0.2) is 60.7 Å². The third-order valence-corrected chi connectivity index (χ3v) is 5.09. The van der Waals surface area contributed by atoms with Crippen molar-refractivity contribution < 1.29 is 9.53 Å². The van der Waals surface area contributed by atoms with Gasteiger partial charge in [0.15, 0.2) is 0 Å². The van der Waals surface area contributed by atoms with Crippen molar-refractivity contribution in [3.63, 3.8) is 0 Å². The zero-order valence-corrected chi connectivity index (χ0v) is 13.2. The molecule has 2 aromatic carbocycles. The third kappa shape index (κ3) is 2.55. The van der Waals surface area contributed by atoms with E-state index in [2.05, 4.69) is 36.4 Å². The fourth-order valence-electron chi connectivity index (χ4n) is 3.90. The van der Waals surface area contributed by atoms with Crippen LogP contribution in [0.4, 0.5) is 0 Å². The van der Waals surface area contributed by atoms with Gasteiger partial charge in [0.25, 0.3) is 0 Å². The average molecular weight is 307 g/mol. The Hall–Kier alpha value is -2.13. The molecular formula is C20H21NO2. The van der Waals surface area contributed by atoms with Crippen molar-refractivity contribution in [1.29, 1.82) is 0 Å². The van der Waals surface area contributed by atoms with Gasteiger partial charge in [-0.05, 0) is 24.0 Å². The first-order chi connectivity index (χ1) is 11.3. The molecule has 118 valence electrons. The fraction of sp³-hybridized carbons (Fsp3) is 0.350. The van der Waals surface area contributed by atoms with E-state index in [0.29, 0.717) is 13.0 Å². The number of nitrogens with zero attached hydrogens (tertiary/aromatic N) is 1. The molecule has 23 heavy (non-hydrogen) atoms. The number of carbonyl (C=O) groups is 1. The van der Waals surface area contributed by atoms with Crippen molar-refractivity contribution in [3.8, 4) is 0 Å². The van der Waals surface area contributed by atoms with Crippen molar-refractivity contribution in [3.05, 3.63) is 71.8 Å². The van der Waals surface area contributed by atoms with Crippen molar-refractivity contribution in [2.75, 3.05) is 6.61 Å². The van der Waals surface area contributed by atoms with E-state index >= 15 is 0 Å². The van der Waals surface area contributed by atoms with Gasteiger partial charge in [-0.15, -0.1) is 0 Å². The average Bonchev–Trinajstić information content (AvgIpc) is 3.14. The number of amides is 1. The highest BCUT2D eigenvalue weighted by molar-refractivity contribution is 5.80. The predicted octanol–water partition coefficient (Wildman–Crippen LogP) is 3.71. The molecule has 0 unspecified atom stereocenters. The Bertz CT molecular complexity index is 685. The normalized spacial score (nSPS) is 26.5. The summed E-state index contributed by atoms with van der Waals surface area (Å²) in [7, 11) is 0. The van der Waals surface area contributed by atoms with Crippen molar-refractivity contribution in [2.24, 2.45) is 0 Å². The maximum absolute atomic E-state index is 12.5. The summed E-state index contributed by atoms with van der Waals surface area (Å²) in [5.41, 5.74) is 2.06. The molecule has 0 saturated carbocycles. The number of benzene rings is 2. The lowest BCUT2D eigenvalue weighted by atomic mass is 9.99. The lowest BCUT2D eigenvalue weighted by Gasteiger charge is -2.33. The van der Waals surface area contributed by atoms with Crippen molar-refractivity contribution in [1.82, 2.24) is 4.90 Å². The zero-order chi connectivity index (χ0) is 15.7. The van der Waals surface area contributed by atoms with E-state index in [9.17, 15) is 4.79 Å². The topological polar surface area (TPSA) is 29.5 Å². The van der Waals surface area contributed by atoms with Gasteiger partial charge in [-0.25, -0.2) is 0 Å². The van der Waals surface area contributed by atoms with Gasteiger partial charge in [0.2, 0.25) is 5.91 Å². The summed E-state index contributed by atoms with van der Waals surface area (Å²) >= 11 is 0. The summed E-state index contributed by atoms with van der Waals surface area (Å²) in [6.45, 7) is 0.602. The molecule has 0 radical (unpaired) electrons. The second-order valence-electron chi connectivity index (χ2n) is 6.43. The SMILES string of the molecule is O=C1CC[C@]2(CCc3ccccc3)OC[C@@H](c3ccccc3)N12. The fourth-order valence-corrected chi connectivity index (χ4v) is 3.90. The summed E-state index contributed by atoms with van der Waals surface area (Å²) in [5, 5.41) is 0. The number of rotatable bonds is 4. The molecular weight excluding hydrogens is 286 g/mol.